The fourth-order valence-electron chi connectivity index (χ4n) is 2.69. The average molecular weight is 539 g/mol. The lowest BCUT2D eigenvalue weighted by Crippen LogP contribution is -2.45. The number of ether oxygens (including phenoxy) is 1. The van der Waals surface area contributed by atoms with E-state index in [9.17, 15) is 4.79 Å². The molecular weight excluding hydrogens is 511 g/mol. The largest absolute Gasteiger partial charge is 0.492 e. The first-order chi connectivity index (χ1) is 12.1. The number of benzene rings is 1. The number of aliphatic imine (C=N–C) groups is 1. The van der Waals surface area contributed by atoms with Gasteiger partial charge in [-0.25, -0.2) is 4.99 Å². The lowest BCUT2D eigenvalue weighted by atomic mass is 10.3. The molecule has 0 aliphatic carbocycles. The number of carbonyl (C=O) groups is 1. The molecule has 1 aromatic rings. The molecule has 8 heteroatoms. The van der Waals surface area contributed by atoms with Gasteiger partial charge in [-0.2, -0.15) is 0 Å². The van der Waals surface area contributed by atoms with Gasteiger partial charge in [-0.05, 0) is 37.6 Å². The zero-order chi connectivity index (χ0) is 18.1. The fraction of sp³-hybridized carbons (Fsp3) is 0.556. The minimum absolute atomic E-state index is 0. The van der Waals surface area contributed by atoms with Crippen molar-refractivity contribution in [2.75, 3.05) is 32.8 Å². The van der Waals surface area contributed by atoms with Crippen molar-refractivity contribution in [3.05, 3.63) is 28.7 Å². The monoisotopic (exact) mass is 538 g/mol. The number of nitrogens with one attached hydrogen (secondary N) is 2. The molecule has 0 bridgehead atoms. The maximum Gasteiger partial charge on any atom is 0.222 e. The summed E-state index contributed by atoms with van der Waals surface area (Å²) in [5, 5.41) is 6.66. The number of rotatable bonds is 7. The first-order valence-electron chi connectivity index (χ1n) is 8.83. The summed E-state index contributed by atoms with van der Waals surface area (Å²) in [6, 6.07) is 8.01. The molecule has 1 fully saturated rings. The van der Waals surface area contributed by atoms with E-state index in [-0.39, 0.29) is 35.9 Å². The molecule has 1 heterocycles. The molecule has 146 valence electrons. The Kier molecular flexibility index (Phi) is 11.0. The Hall–Kier alpha value is -1.03. The van der Waals surface area contributed by atoms with Crippen molar-refractivity contribution in [3.63, 3.8) is 0 Å². The molecule has 1 aliphatic heterocycles. The SMILES string of the molecule is CCNC(=NCCOc1ccc(Br)cc1)NC1CCN(C(=O)CC)C1.I. The number of halogens is 2. The van der Waals surface area contributed by atoms with Gasteiger partial charge in [0.2, 0.25) is 5.91 Å². The van der Waals surface area contributed by atoms with Gasteiger partial charge in [-0.1, -0.05) is 22.9 Å². The summed E-state index contributed by atoms with van der Waals surface area (Å²) in [6.45, 7) is 7.38. The highest BCUT2D eigenvalue weighted by atomic mass is 127. The summed E-state index contributed by atoms with van der Waals surface area (Å²) in [5.41, 5.74) is 0. The second kappa shape index (κ2) is 12.4. The fourth-order valence-corrected chi connectivity index (χ4v) is 2.96. The number of likely N-dealkylation sites (tertiary alicyclic amines) is 1. The minimum atomic E-state index is 0. The molecule has 1 aliphatic rings. The molecule has 2 N–H and O–H groups in total. The summed E-state index contributed by atoms with van der Waals surface area (Å²) >= 11 is 3.40. The third kappa shape index (κ3) is 7.69. The van der Waals surface area contributed by atoms with Crippen LogP contribution in [0.1, 0.15) is 26.7 Å². The highest BCUT2D eigenvalue weighted by Gasteiger charge is 2.25. The van der Waals surface area contributed by atoms with Crippen molar-refractivity contribution in [3.8, 4) is 5.75 Å². The normalized spacial score (nSPS) is 16.8. The summed E-state index contributed by atoms with van der Waals surface area (Å²) in [7, 11) is 0. The maximum atomic E-state index is 11.8. The van der Waals surface area contributed by atoms with Crippen LogP contribution in [0.3, 0.4) is 0 Å². The highest BCUT2D eigenvalue weighted by Crippen LogP contribution is 2.15. The number of hydrogen-bond donors (Lipinski definition) is 2. The lowest BCUT2D eigenvalue weighted by Gasteiger charge is -2.18. The van der Waals surface area contributed by atoms with Crippen LogP contribution in [0, 0.1) is 0 Å². The average Bonchev–Trinajstić information content (AvgIpc) is 3.08. The van der Waals surface area contributed by atoms with Crippen LogP contribution in [0.5, 0.6) is 5.75 Å². The van der Waals surface area contributed by atoms with Crippen LogP contribution in [-0.4, -0.2) is 55.6 Å². The molecule has 1 aromatic carbocycles. The topological polar surface area (TPSA) is 66.0 Å². The van der Waals surface area contributed by atoms with E-state index in [4.69, 9.17) is 4.74 Å². The van der Waals surface area contributed by atoms with Crippen LogP contribution < -0.4 is 15.4 Å². The molecule has 1 atom stereocenters. The van der Waals surface area contributed by atoms with Gasteiger partial charge in [0.25, 0.3) is 0 Å². The summed E-state index contributed by atoms with van der Waals surface area (Å²) in [4.78, 5) is 18.2. The summed E-state index contributed by atoms with van der Waals surface area (Å²) < 4.78 is 6.72. The zero-order valence-corrected chi connectivity index (χ0v) is 19.2. The van der Waals surface area contributed by atoms with Crippen LogP contribution in [0.15, 0.2) is 33.7 Å². The zero-order valence-electron chi connectivity index (χ0n) is 15.3. The van der Waals surface area contributed by atoms with Gasteiger partial charge >= 0.3 is 0 Å². The van der Waals surface area contributed by atoms with Gasteiger partial charge in [-0.15, -0.1) is 24.0 Å². The molecule has 6 nitrogen and oxygen atoms in total. The number of guanidine groups is 1. The van der Waals surface area contributed by atoms with Gasteiger partial charge in [-0.3, -0.25) is 4.79 Å². The van der Waals surface area contributed by atoms with Crippen molar-refractivity contribution < 1.29 is 9.53 Å². The van der Waals surface area contributed by atoms with E-state index in [0.717, 1.165) is 42.2 Å². The molecule has 1 amide bonds. The van der Waals surface area contributed by atoms with Gasteiger partial charge in [0, 0.05) is 36.6 Å². The number of nitrogens with zero attached hydrogens (tertiary/aromatic N) is 2. The van der Waals surface area contributed by atoms with Crippen molar-refractivity contribution in [2.24, 2.45) is 4.99 Å². The molecule has 26 heavy (non-hydrogen) atoms. The summed E-state index contributed by atoms with van der Waals surface area (Å²) in [5.74, 6) is 1.83. The molecule has 0 radical (unpaired) electrons. The minimum Gasteiger partial charge on any atom is -0.492 e. The van der Waals surface area contributed by atoms with Crippen molar-refractivity contribution in [1.29, 1.82) is 0 Å². The molecular formula is C18H28BrIN4O2. The van der Waals surface area contributed by atoms with E-state index >= 15 is 0 Å². The van der Waals surface area contributed by atoms with Crippen LogP contribution in [-0.2, 0) is 4.79 Å². The van der Waals surface area contributed by atoms with E-state index in [1.165, 1.54) is 0 Å². The van der Waals surface area contributed by atoms with Gasteiger partial charge in [0.05, 0.1) is 6.54 Å². The van der Waals surface area contributed by atoms with Gasteiger partial charge in [0.15, 0.2) is 5.96 Å². The Morgan fingerprint density at radius 1 is 1.35 bits per heavy atom. The van der Waals surface area contributed by atoms with E-state index in [1.54, 1.807) is 0 Å². The summed E-state index contributed by atoms with van der Waals surface area (Å²) in [6.07, 6.45) is 1.51. The van der Waals surface area contributed by atoms with Gasteiger partial charge in [0.1, 0.15) is 12.4 Å². The third-order valence-electron chi connectivity index (χ3n) is 3.97. The van der Waals surface area contributed by atoms with Crippen LogP contribution >= 0.6 is 39.9 Å². The molecule has 1 saturated heterocycles. The number of amides is 1. The molecule has 2 rings (SSSR count). The third-order valence-corrected chi connectivity index (χ3v) is 4.50. The van der Waals surface area contributed by atoms with E-state index in [2.05, 4.69) is 31.6 Å². The Morgan fingerprint density at radius 2 is 2.08 bits per heavy atom. The Labute approximate surface area is 181 Å². The van der Waals surface area contributed by atoms with Crippen molar-refractivity contribution in [2.45, 2.75) is 32.7 Å². The van der Waals surface area contributed by atoms with Crippen LogP contribution in [0.4, 0.5) is 0 Å². The molecule has 0 saturated carbocycles. The number of carbonyl (C=O) groups excluding carboxylic acids is 1. The molecule has 0 aromatic heterocycles. The Morgan fingerprint density at radius 3 is 2.73 bits per heavy atom. The Balaban J connectivity index is 0.00000338. The van der Waals surface area contributed by atoms with Crippen molar-refractivity contribution >= 4 is 51.8 Å². The van der Waals surface area contributed by atoms with Crippen LogP contribution in [0.25, 0.3) is 0 Å². The van der Waals surface area contributed by atoms with E-state index in [0.29, 0.717) is 19.6 Å². The highest BCUT2D eigenvalue weighted by molar-refractivity contribution is 14.0. The van der Waals surface area contributed by atoms with E-state index in [1.807, 2.05) is 43.0 Å². The van der Waals surface area contributed by atoms with Crippen LogP contribution in [0.2, 0.25) is 0 Å². The predicted octanol–water partition coefficient (Wildman–Crippen LogP) is 3.01. The second-order valence-corrected chi connectivity index (χ2v) is 6.80. The first-order valence-corrected chi connectivity index (χ1v) is 9.62. The first kappa shape index (κ1) is 23.0. The predicted molar refractivity (Wildman–Crippen MR) is 119 cm³/mol. The van der Waals surface area contributed by atoms with E-state index < -0.39 is 0 Å². The number of hydrogen-bond acceptors (Lipinski definition) is 3. The Bertz CT molecular complexity index is 583. The maximum absolute atomic E-state index is 11.8. The molecule has 0 spiro atoms. The van der Waals surface area contributed by atoms with Gasteiger partial charge < -0.3 is 20.3 Å². The smallest absolute Gasteiger partial charge is 0.222 e. The second-order valence-electron chi connectivity index (χ2n) is 5.89. The standard InChI is InChI=1S/C18H27BrN4O2.HI/c1-3-17(24)23-11-9-15(13-23)22-18(20-4-2)21-10-12-25-16-7-5-14(19)6-8-16;/h5-8,15H,3-4,9-13H2,1-2H3,(H2,20,21,22);1H. The lowest BCUT2D eigenvalue weighted by molar-refractivity contribution is -0.129. The molecule has 1 unspecified atom stereocenters. The quantitative estimate of drug-likeness (QED) is 0.242. The van der Waals surface area contributed by atoms with Crippen molar-refractivity contribution in [1.82, 2.24) is 15.5 Å².